The molecule has 0 bridgehead atoms. The van der Waals surface area contributed by atoms with Gasteiger partial charge in [-0.3, -0.25) is 0 Å². The third-order valence-corrected chi connectivity index (χ3v) is 3.05. The number of hydrogen-bond acceptors (Lipinski definition) is 4. The van der Waals surface area contributed by atoms with Gasteiger partial charge in [0, 0.05) is 29.4 Å². The molecule has 0 aromatic carbocycles. The Labute approximate surface area is 107 Å². The van der Waals surface area contributed by atoms with Crippen molar-refractivity contribution in [3.05, 3.63) is 35.5 Å². The highest BCUT2D eigenvalue weighted by Crippen LogP contribution is 2.29. The van der Waals surface area contributed by atoms with Crippen molar-refractivity contribution in [3.63, 3.8) is 0 Å². The van der Waals surface area contributed by atoms with Crippen LogP contribution in [0.4, 0.5) is 0 Å². The average Bonchev–Trinajstić information content (AvgIpc) is 2.83. The minimum Gasteiger partial charge on any atom is -0.361 e. The van der Waals surface area contributed by atoms with Crippen LogP contribution in [-0.4, -0.2) is 10.3 Å². The highest BCUT2D eigenvalue weighted by atomic mass is 16.5. The molecule has 0 radical (unpaired) electrons. The van der Waals surface area contributed by atoms with Crippen molar-refractivity contribution in [3.8, 4) is 0 Å². The van der Waals surface area contributed by atoms with Crippen molar-refractivity contribution in [2.45, 2.75) is 51.9 Å². The van der Waals surface area contributed by atoms with E-state index in [1.165, 1.54) is 0 Å². The quantitative estimate of drug-likeness (QED) is 0.834. The number of aromatic nitrogens is 2. The van der Waals surface area contributed by atoms with E-state index in [4.69, 9.17) is 9.05 Å². The minimum absolute atomic E-state index is 0.0120. The first-order valence-corrected chi connectivity index (χ1v) is 6.16. The number of hydrogen-bond donors (Lipinski definition) is 0. The molecule has 2 heterocycles. The van der Waals surface area contributed by atoms with Crippen LogP contribution >= 0.6 is 0 Å². The van der Waals surface area contributed by atoms with Gasteiger partial charge >= 0.3 is 0 Å². The fourth-order valence-electron chi connectivity index (χ4n) is 1.84. The first-order chi connectivity index (χ1) is 8.29. The Hall–Kier alpha value is -1.58. The molecule has 0 spiro atoms. The zero-order chi connectivity index (χ0) is 13.4. The van der Waals surface area contributed by atoms with Crippen LogP contribution in [0.5, 0.6) is 0 Å². The van der Waals surface area contributed by atoms with Gasteiger partial charge in [0.15, 0.2) is 0 Å². The van der Waals surface area contributed by atoms with Crippen molar-refractivity contribution < 1.29 is 9.05 Å². The van der Waals surface area contributed by atoms with Gasteiger partial charge in [0.05, 0.1) is 11.9 Å². The van der Waals surface area contributed by atoms with Gasteiger partial charge in [-0.15, -0.1) is 0 Å². The Morgan fingerprint density at radius 1 is 1.11 bits per heavy atom. The maximum absolute atomic E-state index is 5.41. The molecule has 0 atom stereocenters. The lowest BCUT2D eigenvalue weighted by Gasteiger charge is -2.18. The van der Waals surface area contributed by atoms with Crippen LogP contribution in [0.1, 0.15) is 51.8 Å². The first-order valence-electron chi connectivity index (χ1n) is 6.16. The molecule has 18 heavy (non-hydrogen) atoms. The van der Waals surface area contributed by atoms with Gasteiger partial charge in [0.1, 0.15) is 11.5 Å². The maximum atomic E-state index is 5.41. The van der Waals surface area contributed by atoms with Gasteiger partial charge in [-0.2, -0.15) is 0 Å². The zero-order valence-electron chi connectivity index (χ0n) is 11.7. The van der Waals surface area contributed by atoms with E-state index < -0.39 is 0 Å². The molecular weight excluding hydrogens is 228 g/mol. The summed E-state index contributed by atoms with van der Waals surface area (Å²) in [6.45, 7) is 10.6. The van der Waals surface area contributed by atoms with E-state index in [1.807, 2.05) is 12.1 Å². The summed E-state index contributed by atoms with van der Waals surface area (Å²) >= 11 is 0. The van der Waals surface area contributed by atoms with Crippen LogP contribution in [-0.2, 0) is 17.3 Å². The van der Waals surface area contributed by atoms with Gasteiger partial charge < -0.3 is 9.05 Å². The Kier molecular flexibility index (Phi) is 3.05. The van der Waals surface area contributed by atoms with Crippen LogP contribution in [0.2, 0.25) is 0 Å². The summed E-state index contributed by atoms with van der Waals surface area (Å²) in [6, 6.07) is 3.92. The van der Waals surface area contributed by atoms with Gasteiger partial charge in [-0.05, 0) is 0 Å². The van der Waals surface area contributed by atoms with E-state index in [9.17, 15) is 0 Å². The van der Waals surface area contributed by atoms with Crippen molar-refractivity contribution >= 4 is 0 Å². The summed E-state index contributed by atoms with van der Waals surface area (Å²) < 4.78 is 10.6. The normalized spacial score (nSPS) is 12.9. The smallest absolute Gasteiger partial charge is 0.142 e. The zero-order valence-corrected chi connectivity index (χ0v) is 11.7. The highest BCUT2D eigenvalue weighted by Gasteiger charge is 2.28. The van der Waals surface area contributed by atoms with Crippen LogP contribution in [0.3, 0.4) is 0 Å². The fourth-order valence-corrected chi connectivity index (χ4v) is 1.84. The second-order valence-corrected chi connectivity index (χ2v) is 6.37. The first kappa shape index (κ1) is 12.9. The van der Waals surface area contributed by atoms with Crippen molar-refractivity contribution in [2.24, 2.45) is 0 Å². The fraction of sp³-hybridized carbons (Fsp3) is 0.571. The Balaban J connectivity index is 2.17. The van der Waals surface area contributed by atoms with Crippen LogP contribution in [0.15, 0.2) is 27.4 Å². The third-order valence-electron chi connectivity index (χ3n) is 3.05. The average molecular weight is 248 g/mol. The van der Waals surface area contributed by atoms with E-state index >= 15 is 0 Å². The van der Waals surface area contributed by atoms with Crippen molar-refractivity contribution in [1.82, 2.24) is 10.3 Å². The van der Waals surface area contributed by atoms with E-state index in [-0.39, 0.29) is 10.8 Å². The molecule has 0 amide bonds. The van der Waals surface area contributed by atoms with E-state index in [0.717, 1.165) is 23.6 Å². The summed E-state index contributed by atoms with van der Waals surface area (Å²) in [5, 5.41) is 7.89. The summed E-state index contributed by atoms with van der Waals surface area (Å²) in [5.74, 6) is 1.73. The largest absolute Gasteiger partial charge is 0.361 e. The molecular formula is C14H20N2O2. The van der Waals surface area contributed by atoms with E-state index in [1.54, 1.807) is 6.20 Å². The predicted octanol–water partition coefficient (Wildman–Crippen LogP) is 3.48. The summed E-state index contributed by atoms with van der Waals surface area (Å²) in [5.41, 5.74) is 0.842. The topological polar surface area (TPSA) is 52.1 Å². The Morgan fingerprint density at radius 2 is 1.83 bits per heavy atom. The molecule has 2 aromatic rings. The molecule has 0 saturated carbocycles. The molecule has 0 saturated heterocycles. The molecule has 0 aliphatic heterocycles. The molecule has 0 N–H and O–H groups in total. The molecule has 98 valence electrons. The van der Waals surface area contributed by atoms with E-state index in [2.05, 4.69) is 44.9 Å². The number of nitrogens with zero attached hydrogens (tertiary/aromatic N) is 2. The van der Waals surface area contributed by atoms with Gasteiger partial charge in [-0.25, -0.2) is 0 Å². The van der Waals surface area contributed by atoms with Crippen LogP contribution in [0, 0.1) is 0 Å². The highest BCUT2D eigenvalue weighted by molar-refractivity contribution is 5.18. The Bertz CT molecular complexity index is 504. The second-order valence-electron chi connectivity index (χ2n) is 6.37. The van der Waals surface area contributed by atoms with Gasteiger partial charge in [0.2, 0.25) is 0 Å². The third kappa shape index (κ3) is 2.63. The lowest BCUT2D eigenvalue weighted by Crippen LogP contribution is -2.19. The predicted molar refractivity (Wildman–Crippen MR) is 68.4 cm³/mol. The van der Waals surface area contributed by atoms with Gasteiger partial charge in [-0.1, -0.05) is 44.9 Å². The molecule has 0 aliphatic rings. The van der Waals surface area contributed by atoms with Crippen LogP contribution in [0.25, 0.3) is 0 Å². The molecule has 0 aliphatic carbocycles. The molecule has 0 fully saturated rings. The molecule has 0 unspecified atom stereocenters. The van der Waals surface area contributed by atoms with Crippen molar-refractivity contribution in [1.29, 1.82) is 0 Å². The standard InChI is InChI=1S/C14H20N2O2/c1-13(2,3)11-8-10(17-16-11)9-14(4,5)12-6-7-15-18-12/h6-8H,9H2,1-5H3. The SMILES string of the molecule is CC(C)(C)c1cc(CC(C)(C)c2ccno2)on1. The van der Waals surface area contributed by atoms with E-state index in [0.29, 0.717) is 0 Å². The number of rotatable bonds is 3. The maximum Gasteiger partial charge on any atom is 0.142 e. The van der Waals surface area contributed by atoms with Crippen molar-refractivity contribution in [2.75, 3.05) is 0 Å². The Morgan fingerprint density at radius 3 is 2.33 bits per heavy atom. The van der Waals surface area contributed by atoms with Gasteiger partial charge in [0.25, 0.3) is 0 Å². The summed E-state index contributed by atoms with van der Waals surface area (Å²) in [6.07, 6.45) is 2.41. The second kappa shape index (κ2) is 4.26. The molecule has 4 nitrogen and oxygen atoms in total. The molecule has 4 heteroatoms. The monoisotopic (exact) mass is 248 g/mol. The summed E-state index contributed by atoms with van der Waals surface area (Å²) in [7, 11) is 0. The minimum atomic E-state index is -0.148. The van der Waals surface area contributed by atoms with Crippen LogP contribution < -0.4 is 0 Å². The molecule has 2 aromatic heterocycles. The summed E-state index contributed by atoms with van der Waals surface area (Å²) in [4.78, 5) is 0. The lowest BCUT2D eigenvalue weighted by molar-refractivity contribution is 0.289. The lowest BCUT2D eigenvalue weighted by atomic mass is 9.84. The molecule has 2 rings (SSSR count).